The molecule has 8 aromatic carbocycles. The molecule has 0 fully saturated rings. The zero-order chi connectivity index (χ0) is 51.4. The van der Waals surface area contributed by atoms with Gasteiger partial charge in [-0.05, 0) is 166 Å². The second kappa shape index (κ2) is 28.3. The predicted octanol–water partition coefficient (Wildman–Crippen LogP) is 15.5. The van der Waals surface area contributed by atoms with E-state index >= 15 is 0 Å². The molecule has 0 atom stereocenters. The lowest BCUT2D eigenvalue weighted by atomic mass is 10.1. The van der Waals surface area contributed by atoms with Gasteiger partial charge in [0.25, 0.3) is 0 Å². The van der Waals surface area contributed by atoms with E-state index in [4.69, 9.17) is 6.42 Å². The van der Waals surface area contributed by atoms with Gasteiger partial charge in [0.2, 0.25) is 0 Å². The van der Waals surface area contributed by atoms with Gasteiger partial charge in [-0.1, -0.05) is 160 Å². The van der Waals surface area contributed by atoms with Gasteiger partial charge < -0.3 is 9.47 Å². The topological polar surface area (TPSA) is 86.7 Å². The Balaban J connectivity index is 0.000000175. The summed E-state index contributed by atoms with van der Waals surface area (Å²) >= 11 is 13.4. The molecule has 0 N–H and O–H groups in total. The SMILES string of the molecule is Brc1ccc(C#Cc2ccc(Br)cc2)cc1.Brc1ccc(C#Cc2ccc(C#Cc3ccccc3)cc2)cc1.C.C#Cc1ccc(C)cc1.Cc1ccc2c(c1)C(=O)OC2=O.O=C1OC(=O)c2cc(Br)ccc21. The number of fused-ring (bicyclic) bond motifs is 2. The van der Waals surface area contributed by atoms with Gasteiger partial charge in [0, 0.05) is 56.8 Å². The fourth-order valence-electron chi connectivity index (χ4n) is 6.10. The van der Waals surface area contributed by atoms with E-state index in [1.54, 1.807) is 36.4 Å². The fourth-order valence-corrected chi connectivity index (χ4v) is 7.25. The average Bonchev–Trinajstić information content (AvgIpc) is 3.84. The summed E-state index contributed by atoms with van der Waals surface area (Å²) in [5, 5.41) is 0. The molecular weight excluding hydrogens is 1170 g/mol. The van der Waals surface area contributed by atoms with Crippen LogP contribution in [-0.2, 0) is 9.47 Å². The van der Waals surface area contributed by atoms with Crippen molar-refractivity contribution in [1.82, 2.24) is 0 Å². The van der Waals surface area contributed by atoms with Crippen LogP contribution in [0.1, 0.15) is 98.9 Å². The van der Waals surface area contributed by atoms with Gasteiger partial charge in [-0.3, -0.25) is 0 Å². The molecule has 0 radical (unpaired) electrons. The third-order valence-electron chi connectivity index (χ3n) is 9.87. The molecule has 0 aromatic heterocycles. The summed E-state index contributed by atoms with van der Waals surface area (Å²) in [5.41, 5.74) is 10.6. The van der Waals surface area contributed by atoms with E-state index in [0.717, 1.165) is 62.4 Å². The number of esters is 4. The Hall–Kier alpha value is -7.80. The van der Waals surface area contributed by atoms with E-state index in [9.17, 15) is 19.2 Å². The van der Waals surface area contributed by atoms with E-state index < -0.39 is 23.9 Å². The maximum atomic E-state index is 11.0. The Morgan fingerprint density at radius 2 is 0.616 bits per heavy atom. The molecule has 10 heteroatoms. The second-order valence-corrected chi connectivity index (χ2v) is 19.0. The minimum absolute atomic E-state index is 0. The largest absolute Gasteiger partial charge is 0.386 e. The number of rotatable bonds is 0. The fraction of sp³-hybridized carbons (Fsp3) is 0.0476. The Morgan fingerprint density at radius 1 is 0.329 bits per heavy atom. The summed E-state index contributed by atoms with van der Waals surface area (Å²) in [4.78, 5) is 43.8. The van der Waals surface area contributed by atoms with Crippen LogP contribution in [0.5, 0.6) is 0 Å². The molecule has 0 spiro atoms. The van der Waals surface area contributed by atoms with Crippen molar-refractivity contribution >= 4 is 87.6 Å². The van der Waals surface area contributed by atoms with E-state index in [1.807, 2.05) is 166 Å². The third kappa shape index (κ3) is 18.1. The summed E-state index contributed by atoms with van der Waals surface area (Å²) in [7, 11) is 0. The standard InChI is InChI=1S/C22H13Br.C14H8Br2.C9H6O3.C9H8.C8H3BrO3.CH4/c23-22-16-14-21(15-17-22)13-12-20-10-8-19(9-11-20)7-6-18-4-2-1-3-5-18;15-13-7-3-11(4-8-13)1-2-12-5-9-14(16)10-6-12;1-5-2-3-6-7(4-5)9(11)12-8(6)10;1-3-9-6-4-8(2)5-7-9;9-4-1-2-5-6(3-4)8(11)12-7(5)10;/h1-5,8-11,14-17H;3-10H;2-4H,1H3;1,4-7H,2H3;1-3H;1H4. The molecule has 2 aliphatic heterocycles. The molecule has 0 amide bonds. The normalized spacial score (nSPS) is 10.8. The second-order valence-electron chi connectivity index (χ2n) is 15.3. The van der Waals surface area contributed by atoms with Crippen molar-refractivity contribution < 1.29 is 28.7 Å². The van der Waals surface area contributed by atoms with E-state index in [-0.39, 0.29) is 7.43 Å². The minimum atomic E-state index is -0.573. The molecule has 10 rings (SSSR count). The number of carbonyl (C=O) groups excluding carboxylic acids is 4. The summed E-state index contributed by atoms with van der Waals surface area (Å²) in [6.07, 6.45) is 5.15. The van der Waals surface area contributed by atoms with Gasteiger partial charge in [-0.15, -0.1) is 6.42 Å². The molecule has 0 bridgehead atoms. The van der Waals surface area contributed by atoms with Crippen molar-refractivity contribution in [2.75, 3.05) is 0 Å². The quantitative estimate of drug-likeness (QED) is 0.0854. The van der Waals surface area contributed by atoms with Crippen LogP contribution in [0.2, 0.25) is 0 Å². The van der Waals surface area contributed by atoms with Gasteiger partial charge in [-0.25, -0.2) is 19.2 Å². The number of carbonyl (C=O) groups is 4. The first-order chi connectivity index (χ1) is 34.7. The van der Waals surface area contributed by atoms with Gasteiger partial charge in [-0.2, -0.15) is 0 Å². The van der Waals surface area contributed by atoms with Crippen LogP contribution < -0.4 is 0 Å². The summed E-state index contributed by atoms with van der Waals surface area (Å²) in [6, 6.07) is 59.7. The minimum Gasteiger partial charge on any atom is -0.386 e. The molecule has 73 heavy (non-hydrogen) atoms. The maximum absolute atomic E-state index is 11.0. The van der Waals surface area contributed by atoms with Crippen LogP contribution in [0.15, 0.2) is 206 Å². The number of hydrogen-bond acceptors (Lipinski definition) is 6. The van der Waals surface area contributed by atoms with Crippen molar-refractivity contribution in [3.05, 3.63) is 278 Å². The monoisotopic (exact) mass is 1210 g/mol. The highest BCUT2D eigenvalue weighted by molar-refractivity contribution is 9.11. The van der Waals surface area contributed by atoms with Crippen molar-refractivity contribution in [3.8, 4) is 47.9 Å². The molecule has 2 heterocycles. The van der Waals surface area contributed by atoms with Gasteiger partial charge >= 0.3 is 23.9 Å². The van der Waals surface area contributed by atoms with Crippen LogP contribution in [-0.4, -0.2) is 23.9 Å². The molecule has 0 aliphatic carbocycles. The first-order valence-electron chi connectivity index (χ1n) is 21.7. The highest BCUT2D eigenvalue weighted by atomic mass is 79.9. The smallest absolute Gasteiger partial charge is 0.346 e. The highest BCUT2D eigenvalue weighted by Gasteiger charge is 2.30. The Bertz CT molecular complexity index is 3350. The molecule has 8 aromatic rings. The summed E-state index contributed by atoms with van der Waals surface area (Å²) < 4.78 is 12.8. The number of ether oxygens (including phenoxy) is 2. The third-order valence-corrected chi connectivity index (χ3v) is 11.9. The van der Waals surface area contributed by atoms with Crippen LogP contribution in [0.4, 0.5) is 0 Å². The van der Waals surface area contributed by atoms with E-state index in [2.05, 4.69) is 115 Å². The molecule has 0 saturated heterocycles. The molecule has 358 valence electrons. The highest BCUT2D eigenvalue weighted by Crippen LogP contribution is 2.24. The number of hydrogen-bond donors (Lipinski definition) is 0. The van der Waals surface area contributed by atoms with Gasteiger partial charge in [0.15, 0.2) is 0 Å². The van der Waals surface area contributed by atoms with Gasteiger partial charge in [0.1, 0.15) is 0 Å². The molecule has 0 saturated carbocycles. The van der Waals surface area contributed by atoms with E-state index in [0.29, 0.717) is 22.3 Å². The average molecular weight is 1210 g/mol. The Morgan fingerprint density at radius 3 is 1.00 bits per heavy atom. The van der Waals surface area contributed by atoms with Crippen molar-refractivity contribution in [3.63, 3.8) is 0 Å². The van der Waals surface area contributed by atoms with E-state index in [1.165, 1.54) is 5.56 Å². The summed E-state index contributed by atoms with van der Waals surface area (Å²) in [6.45, 7) is 3.90. The number of halogens is 4. The van der Waals surface area contributed by atoms with Crippen LogP contribution in [0.25, 0.3) is 0 Å². The number of cyclic esters (lactones) is 4. The van der Waals surface area contributed by atoms with Crippen LogP contribution in [0, 0.1) is 61.7 Å². The maximum Gasteiger partial charge on any atom is 0.346 e. The lowest BCUT2D eigenvalue weighted by Gasteiger charge is -1.93. The number of benzene rings is 8. The van der Waals surface area contributed by atoms with Crippen molar-refractivity contribution in [2.45, 2.75) is 21.3 Å². The Labute approximate surface area is 460 Å². The zero-order valence-electron chi connectivity index (χ0n) is 38.4. The number of aryl methyl sites for hydroxylation is 2. The first-order valence-corrected chi connectivity index (χ1v) is 24.8. The molecule has 6 nitrogen and oxygen atoms in total. The first kappa shape index (κ1) is 56.1. The molecule has 0 unspecified atom stereocenters. The van der Waals surface area contributed by atoms with Gasteiger partial charge in [0.05, 0.1) is 22.3 Å². The van der Waals surface area contributed by atoms with Crippen LogP contribution in [0.3, 0.4) is 0 Å². The van der Waals surface area contributed by atoms with Crippen molar-refractivity contribution in [2.24, 2.45) is 0 Å². The van der Waals surface area contributed by atoms with Crippen molar-refractivity contribution in [1.29, 1.82) is 0 Å². The lowest BCUT2D eigenvalue weighted by Crippen LogP contribution is -1.96. The molecular formula is C63H42Br4O6. The van der Waals surface area contributed by atoms with Crippen LogP contribution >= 0.6 is 63.7 Å². The Kier molecular flexibility index (Phi) is 21.8. The number of terminal acetylenes is 1. The predicted molar refractivity (Wildman–Crippen MR) is 304 cm³/mol. The lowest BCUT2D eigenvalue weighted by molar-refractivity contribution is 0.0425. The molecule has 2 aliphatic rings. The summed E-state index contributed by atoms with van der Waals surface area (Å²) in [5.74, 6) is 19.2. The zero-order valence-corrected chi connectivity index (χ0v) is 44.8.